The summed E-state index contributed by atoms with van der Waals surface area (Å²) in [6.45, 7) is 1.15. The highest BCUT2D eigenvalue weighted by atomic mass is 35.5. The summed E-state index contributed by atoms with van der Waals surface area (Å²) in [6, 6.07) is 3.59. The molecule has 1 aliphatic rings. The average Bonchev–Trinajstić information content (AvgIpc) is 2.83. The third-order valence-electron chi connectivity index (χ3n) is 2.86. The molecule has 1 saturated heterocycles. The van der Waals surface area contributed by atoms with Gasteiger partial charge in [0.05, 0.1) is 0 Å². The first-order valence-electron chi connectivity index (χ1n) is 5.67. The molecule has 0 radical (unpaired) electrons. The van der Waals surface area contributed by atoms with Crippen LogP contribution < -0.4 is 10.0 Å². The predicted molar refractivity (Wildman–Crippen MR) is 67.6 cm³/mol. The molecule has 1 aliphatic heterocycles. The predicted octanol–water partition coefficient (Wildman–Crippen LogP) is 1.51. The van der Waals surface area contributed by atoms with Gasteiger partial charge in [-0.15, -0.1) is 0 Å². The average molecular weight is 293 g/mol. The number of halogens is 2. The first kappa shape index (κ1) is 13.7. The lowest BCUT2D eigenvalue weighted by molar-refractivity contribution is 0.539. The molecule has 1 atom stereocenters. The van der Waals surface area contributed by atoms with E-state index in [0.717, 1.165) is 31.5 Å². The van der Waals surface area contributed by atoms with Crippen molar-refractivity contribution in [2.45, 2.75) is 23.8 Å². The van der Waals surface area contributed by atoms with Crippen molar-refractivity contribution in [1.82, 2.24) is 10.0 Å². The van der Waals surface area contributed by atoms with Crippen LogP contribution in [0.15, 0.2) is 23.1 Å². The largest absolute Gasteiger partial charge is 0.313 e. The molecule has 1 aromatic rings. The van der Waals surface area contributed by atoms with E-state index in [9.17, 15) is 12.8 Å². The molecule has 18 heavy (non-hydrogen) atoms. The lowest BCUT2D eigenvalue weighted by atomic mass is 10.2. The minimum atomic E-state index is -3.85. The maximum Gasteiger partial charge on any atom is 0.243 e. The molecule has 0 amide bonds. The molecular weight excluding hydrogens is 279 g/mol. The Morgan fingerprint density at radius 2 is 2.28 bits per heavy atom. The van der Waals surface area contributed by atoms with Gasteiger partial charge in [-0.25, -0.2) is 17.5 Å². The molecule has 0 bridgehead atoms. The molecule has 1 fully saturated rings. The fourth-order valence-corrected chi connectivity index (χ4v) is 3.32. The van der Waals surface area contributed by atoms with Crippen LogP contribution in [0.25, 0.3) is 0 Å². The molecule has 0 spiro atoms. The van der Waals surface area contributed by atoms with E-state index >= 15 is 0 Å². The van der Waals surface area contributed by atoms with Gasteiger partial charge >= 0.3 is 0 Å². The standard InChI is InChI=1S/C11H14ClFN2O2S/c12-8-3-4-10(13)11(6-8)18(16,17)15-7-9-2-1-5-14-9/h3-4,6,9,14-15H,1-2,5,7H2. The Morgan fingerprint density at radius 1 is 1.50 bits per heavy atom. The Morgan fingerprint density at radius 3 is 2.94 bits per heavy atom. The van der Waals surface area contributed by atoms with Crippen LogP contribution in [-0.4, -0.2) is 27.5 Å². The highest BCUT2D eigenvalue weighted by Crippen LogP contribution is 2.19. The Bertz CT molecular complexity index is 530. The van der Waals surface area contributed by atoms with E-state index in [2.05, 4.69) is 10.0 Å². The van der Waals surface area contributed by atoms with Crippen molar-refractivity contribution in [3.63, 3.8) is 0 Å². The van der Waals surface area contributed by atoms with Crippen molar-refractivity contribution in [3.05, 3.63) is 29.0 Å². The van der Waals surface area contributed by atoms with Gasteiger partial charge in [0.25, 0.3) is 0 Å². The van der Waals surface area contributed by atoms with Crippen molar-refractivity contribution in [2.75, 3.05) is 13.1 Å². The van der Waals surface area contributed by atoms with Crippen LogP contribution in [0.5, 0.6) is 0 Å². The maximum absolute atomic E-state index is 13.5. The van der Waals surface area contributed by atoms with Crippen LogP contribution in [0.4, 0.5) is 4.39 Å². The van der Waals surface area contributed by atoms with Gasteiger partial charge in [0, 0.05) is 17.6 Å². The smallest absolute Gasteiger partial charge is 0.243 e. The number of benzene rings is 1. The lowest BCUT2D eigenvalue weighted by Crippen LogP contribution is -2.37. The Kier molecular flexibility index (Phi) is 4.21. The van der Waals surface area contributed by atoms with Gasteiger partial charge in [-0.05, 0) is 37.6 Å². The minimum absolute atomic E-state index is 0.113. The molecule has 0 saturated carbocycles. The zero-order chi connectivity index (χ0) is 13.2. The molecule has 1 unspecified atom stereocenters. The highest BCUT2D eigenvalue weighted by molar-refractivity contribution is 7.89. The van der Waals surface area contributed by atoms with E-state index in [-0.39, 0.29) is 17.6 Å². The molecule has 1 heterocycles. The summed E-state index contributed by atoms with van der Waals surface area (Å²) >= 11 is 5.68. The van der Waals surface area contributed by atoms with E-state index in [0.29, 0.717) is 0 Å². The molecule has 1 aromatic carbocycles. The summed E-state index contributed by atoms with van der Waals surface area (Å²) in [7, 11) is -3.85. The number of hydrogen-bond acceptors (Lipinski definition) is 3. The van der Waals surface area contributed by atoms with E-state index in [1.165, 1.54) is 6.07 Å². The lowest BCUT2D eigenvalue weighted by Gasteiger charge is -2.12. The normalized spacial score (nSPS) is 20.2. The summed E-state index contributed by atoms with van der Waals surface area (Å²) in [5.41, 5.74) is 0. The van der Waals surface area contributed by atoms with Gasteiger partial charge in [0.15, 0.2) is 0 Å². The molecule has 7 heteroatoms. The summed E-state index contributed by atoms with van der Waals surface area (Å²) in [6.07, 6.45) is 1.94. The summed E-state index contributed by atoms with van der Waals surface area (Å²) in [5.74, 6) is -0.800. The highest BCUT2D eigenvalue weighted by Gasteiger charge is 2.22. The van der Waals surface area contributed by atoms with E-state index in [1.807, 2.05) is 0 Å². The van der Waals surface area contributed by atoms with Crippen LogP contribution in [0.2, 0.25) is 5.02 Å². The molecule has 2 rings (SSSR count). The van der Waals surface area contributed by atoms with E-state index in [1.54, 1.807) is 0 Å². The molecule has 100 valence electrons. The number of nitrogens with one attached hydrogen (secondary N) is 2. The fraction of sp³-hybridized carbons (Fsp3) is 0.455. The second kappa shape index (κ2) is 5.52. The number of hydrogen-bond donors (Lipinski definition) is 2. The Balaban J connectivity index is 2.12. The van der Waals surface area contributed by atoms with Crippen LogP contribution in [-0.2, 0) is 10.0 Å². The van der Waals surface area contributed by atoms with E-state index < -0.39 is 20.7 Å². The zero-order valence-corrected chi connectivity index (χ0v) is 11.2. The number of rotatable bonds is 4. The first-order chi connectivity index (χ1) is 8.49. The third-order valence-corrected chi connectivity index (χ3v) is 4.54. The van der Waals surface area contributed by atoms with Crippen molar-refractivity contribution in [2.24, 2.45) is 0 Å². The minimum Gasteiger partial charge on any atom is -0.313 e. The second-order valence-electron chi connectivity index (χ2n) is 4.22. The van der Waals surface area contributed by atoms with Crippen LogP contribution in [0.3, 0.4) is 0 Å². The van der Waals surface area contributed by atoms with Gasteiger partial charge < -0.3 is 5.32 Å². The third kappa shape index (κ3) is 3.20. The van der Waals surface area contributed by atoms with Crippen molar-refractivity contribution in [3.8, 4) is 0 Å². The van der Waals surface area contributed by atoms with Gasteiger partial charge in [-0.1, -0.05) is 11.6 Å². The number of sulfonamides is 1. The molecule has 0 aliphatic carbocycles. The summed E-state index contributed by atoms with van der Waals surface area (Å²) < 4.78 is 39.7. The molecule has 4 nitrogen and oxygen atoms in total. The Hall–Kier alpha value is -0.690. The van der Waals surface area contributed by atoms with Gasteiger partial charge in [-0.3, -0.25) is 0 Å². The van der Waals surface area contributed by atoms with Crippen LogP contribution in [0, 0.1) is 5.82 Å². The second-order valence-corrected chi connectivity index (χ2v) is 6.39. The molecule has 0 aromatic heterocycles. The van der Waals surface area contributed by atoms with Crippen molar-refractivity contribution in [1.29, 1.82) is 0 Å². The summed E-state index contributed by atoms with van der Waals surface area (Å²) in [5, 5.41) is 3.35. The van der Waals surface area contributed by atoms with Crippen LogP contribution >= 0.6 is 11.6 Å². The zero-order valence-electron chi connectivity index (χ0n) is 9.62. The van der Waals surface area contributed by atoms with Crippen molar-refractivity contribution >= 4 is 21.6 Å². The van der Waals surface area contributed by atoms with Crippen LogP contribution in [0.1, 0.15) is 12.8 Å². The molecular formula is C11H14ClFN2O2S. The quantitative estimate of drug-likeness (QED) is 0.884. The van der Waals surface area contributed by atoms with E-state index in [4.69, 9.17) is 11.6 Å². The van der Waals surface area contributed by atoms with Gasteiger partial charge in [0.1, 0.15) is 10.7 Å². The maximum atomic E-state index is 13.5. The fourth-order valence-electron chi connectivity index (χ4n) is 1.90. The Labute approximate surface area is 111 Å². The SMILES string of the molecule is O=S(=O)(NCC1CCCN1)c1cc(Cl)ccc1F. The summed E-state index contributed by atoms with van der Waals surface area (Å²) in [4.78, 5) is -0.409. The van der Waals surface area contributed by atoms with Crippen molar-refractivity contribution < 1.29 is 12.8 Å². The van der Waals surface area contributed by atoms with Gasteiger partial charge in [0.2, 0.25) is 10.0 Å². The van der Waals surface area contributed by atoms with Gasteiger partial charge in [-0.2, -0.15) is 0 Å². The topological polar surface area (TPSA) is 58.2 Å². The first-order valence-corrected chi connectivity index (χ1v) is 7.53. The molecule has 2 N–H and O–H groups in total. The monoisotopic (exact) mass is 292 g/mol.